The van der Waals surface area contributed by atoms with Crippen molar-refractivity contribution in [1.29, 1.82) is 0 Å². The molecule has 0 saturated carbocycles. The Labute approximate surface area is 203 Å². The predicted molar refractivity (Wildman–Crippen MR) is 118 cm³/mol. The first-order chi connectivity index (χ1) is 16.6. The van der Waals surface area contributed by atoms with Gasteiger partial charge in [-0.25, -0.2) is 14.3 Å². The number of carbonyl (C=O) groups is 2. The molecule has 0 bridgehead atoms. The number of esters is 2. The zero-order chi connectivity index (χ0) is 25.4. The van der Waals surface area contributed by atoms with Gasteiger partial charge in [-0.1, -0.05) is 41.9 Å². The Morgan fingerprint density at radius 1 is 1.06 bits per heavy atom. The van der Waals surface area contributed by atoms with E-state index in [9.17, 15) is 22.8 Å². The van der Waals surface area contributed by atoms with Gasteiger partial charge in [0, 0.05) is 5.02 Å². The number of rotatable bonds is 6. The van der Waals surface area contributed by atoms with Crippen LogP contribution in [0.3, 0.4) is 0 Å². The van der Waals surface area contributed by atoms with Crippen LogP contribution in [0.25, 0.3) is 5.69 Å². The summed E-state index contributed by atoms with van der Waals surface area (Å²) in [5.74, 6) is -4.40. The molecule has 0 aliphatic carbocycles. The van der Waals surface area contributed by atoms with Crippen molar-refractivity contribution in [3.63, 3.8) is 0 Å². The van der Waals surface area contributed by atoms with E-state index >= 15 is 0 Å². The second kappa shape index (κ2) is 9.26. The minimum Gasteiger partial charge on any atom is -0.463 e. The van der Waals surface area contributed by atoms with Crippen molar-refractivity contribution in [3.8, 4) is 11.6 Å². The highest BCUT2D eigenvalue weighted by atomic mass is 35.5. The number of benzene rings is 2. The molecular weight excluding hydrogens is 489 g/mol. The number of carbonyl (C=O) groups excluding carboxylic acids is 2. The number of nitrogens with zero attached hydrogens (tertiary/aromatic N) is 2. The molecule has 0 N–H and O–H groups in total. The maximum Gasteiger partial charge on any atom is 0.435 e. The molecule has 1 atom stereocenters. The summed E-state index contributed by atoms with van der Waals surface area (Å²) >= 11 is 6.14. The van der Waals surface area contributed by atoms with Gasteiger partial charge < -0.3 is 14.2 Å². The summed E-state index contributed by atoms with van der Waals surface area (Å²) in [6, 6.07) is 13.7. The maximum atomic E-state index is 14.3. The van der Waals surface area contributed by atoms with Gasteiger partial charge in [0.25, 0.3) is 0 Å². The summed E-state index contributed by atoms with van der Waals surface area (Å²) in [4.78, 5) is 26.7. The first kappa shape index (κ1) is 24.6. The minimum atomic E-state index is -4.94. The van der Waals surface area contributed by atoms with Gasteiger partial charge in [0.1, 0.15) is 0 Å². The number of hydrogen-bond acceptors (Lipinski definition) is 6. The normalized spacial score (nSPS) is 16.3. The first-order valence-corrected chi connectivity index (χ1v) is 11.1. The summed E-state index contributed by atoms with van der Waals surface area (Å²) in [5, 5.41) is 3.96. The van der Waals surface area contributed by atoms with Crippen molar-refractivity contribution in [2.75, 3.05) is 13.2 Å². The Kier molecular flexibility index (Phi) is 6.50. The SMILES string of the molecule is CCOC(=O)C1(C(=O)OCC)Oc2c(c(C(F)(F)F)nn2-c2ccccc2)C1c1cccc(Cl)c1. The molecular formula is C24H20ClF3N2O5. The smallest absolute Gasteiger partial charge is 0.435 e. The number of hydrogen-bond donors (Lipinski definition) is 0. The van der Waals surface area contributed by atoms with Crippen molar-refractivity contribution in [2.45, 2.75) is 31.5 Å². The monoisotopic (exact) mass is 508 g/mol. The summed E-state index contributed by atoms with van der Waals surface area (Å²) in [5.41, 5.74) is -4.05. The van der Waals surface area contributed by atoms with E-state index in [1.54, 1.807) is 18.2 Å². The highest BCUT2D eigenvalue weighted by Gasteiger charge is 2.67. The summed E-state index contributed by atoms with van der Waals surface area (Å²) < 4.78 is 60.0. The van der Waals surface area contributed by atoms with E-state index in [0.717, 1.165) is 4.68 Å². The van der Waals surface area contributed by atoms with Crippen LogP contribution in [0.1, 0.15) is 36.6 Å². The number of ether oxygens (including phenoxy) is 3. The zero-order valence-electron chi connectivity index (χ0n) is 18.6. The zero-order valence-corrected chi connectivity index (χ0v) is 19.4. The fraction of sp³-hybridized carbons (Fsp3) is 0.292. The maximum absolute atomic E-state index is 14.3. The van der Waals surface area contributed by atoms with Crippen LogP contribution in [0.2, 0.25) is 5.02 Å². The molecule has 2 heterocycles. The predicted octanol–water partition coefficient (Wildman–Crippen LogP) is 4.93. The van der Waals surface area contributed by atoms with Crippen molar-refractivity contribution in [3.05, 3.63) is 76.4 Å². The van der Waals surface area contributed by atoms with Gasteiger partial charge in [0.15, 0.2) is 5.69 Å². The van der Waals surface area contributed by atoms with Crippen LogP contribution in [0.15, 0.2) is 54.6 Å². The number of alkyl halides is 3. The van der Waals surface area contributed by atoms with E-state index in [0.29, 0.717) is 0 Å². The standard InChI is InChI=1S/C24H20ClF3N2O5/c1-3-33-21(31)23(22(32)34-4-2)18(14-9-8-10-15(25)13-14)17-19(24(26,27)28)29-30(20(17)35-23)16-11-6-5-7-12-16/h5-13,18H,3-4H2,1-2H3. The van der Waals surface area contributed by atoms with Gasteiger partial charge in [-0.15, -0.1) is 0 Å². The molecule has 0 saturated heterocycles. The van der Waals surface area contributed by atoms with E-state index in [2.05, 4.69) is 5.10 Å². The highest BCUT2D eigenvalue weighted by molar-refractivity contribution is 6.30. The molecule has 11 heteroatoms. The average molecular weight is 509 g/mol. The summed E-state index contributed by atoms with van der Waals surface area (Å²) in [6.07, 6.45) is -4.94. The lowest BCUT2D eigenvalue weighted by molar-refractivity contribution is -0.180. The second-order valence-electron chi connectivity index (χ2n) is 7.58. The number of para-hydroxylation sites is 1. The minimum absolute atomic E-state index is 0.121. The Bertz CT molecular complexity index is 1240. The van der Waals surface area contributed by atoms with Gasteiger partial charge in [-0.2, -0.15) is 18.3 Å². The third-order valence-corrected chi connectivity index (χ3v) is 5.67. The topological polar surface area (TPSA) is 79.7 Å². The highest BCUT2D eigenvalue weighted by Crippen LogP contribution is 2.54. The molecule has 7 nitrogen and oxygen atoms in total. The number of aromatic nitrogens is 2. The van der Waals surface area contributed by atoms with Crippen LogP contribution in [-0.4, -0.2) is 40.5 Å². The summed E-state index contributed by atoms with van der Waals surface area (Å²) in [7, 11) is 0. The third kappa shape index (κ3) is 4.12. The molecule has 1 aromatic heterocycles. The largest absolute Gasteiger partial charge is 0.463 e. The molecule has 0 amide bonds. The fourth-order valence-corrected chi connectivity index (χ4v) is 4.31. The van der Waals surface area contributed by atoms with E-state index in [4.69, 9.17) is 25.8 Å². The molecule has 4 rings (SSSR count). The number of fused-ring (bicyclic) bond motifs is 1. The van der Waals surface area contributed by atoms with Crippen molar-refractivity contribution >= 4 is 23.5 Å². The van der Waals surface area contributed by atoms with Crippen molar-refractivity contribution in [2.24, 2.45) is 0 Å². The quantitative estimate of drug-likeness (QED) is 0.347. The Morgan fingerprint density at radius 3 is 2.23 bits per heavy atom. The van der Waals surface area contributed by atoms with Crippen LogP contribution in [-0.2, 0) is 25.2 Å². The molecule has 1 unspecified atom stereocenters. The van der Waals surface area contributed by atoms with Gasteiger partial charge in [0.05, 0.1) is 30.4 Å². The molecule has 184 valence electrons. The van der Waals surface area contributed by atoms with Crippen LogP contribution in [0, 0.1) is 0 Å². The van der Waals surface area contributed by atoms with Crippen molar-refractivity contribution in [1.82, 2.24) is 9.78 Å². The lowest BCUT2D eigenvalue weighted by atomic mass is 9.78. The first-order valence-electron chi connectivity index (χ1n) is 10.7. The Balaban J connectivity index is 2.09. The molecule has 0 spiro atoms. The molecule has 1 aliphatic rings. The average Bonchev–Trinajstić information content (AvgIpc) is 3.35. The van der Waals surface area contributed by atoms with Gasteiger partial charge >= 0.3 is 23.7 Å². The molecule has 3 aromatic rings. The van der Waals surface area contributed by atoms with Gasteiger partial charge in [-0.3, -0.25) is 0 Å². The van der Waals surface area contributed by atoms with Crippen molar-refractivity contribution < 1.29 is 37.0 Å². The fourth-order valence-electron chi connectivity index (χ4n) is 4.11. The number of halogens is 4. The van der Waals surface area contributed by atoms with Crippen LogP contribution >= 0.6 is 11.6 Å². The molecule has 1 aliphatic heterocycles. The van der Waals surface area contributed by atoms with E-state index in [1.807, 2.05) is 0 Å². The van der Waals surface area contributed by atoms with Gasteiger partial charge in [0.2, 0.25) is 5.88 Å². The molecule has 0 radical (unpaired) electrons. The molecule has 35 heavy (non-hydrogen) atoms. The van der Waals surface area contributed by atoms with Crippen LogP contribution in [0.4, 0.5) is 13.2 Å². The lowest BCUT2D eigenvalue weighted by Crippen LogP contribution is -2.56. The third-order valence-electron chi connectivity index (χ3n) is 5.44. The molecule has 0 fully saturated rings. The molecule has 2 aromatic carbocycles. The van der Waals surface area contributed by atoms with E-state index in [1.165, 1.54) is 50.2 Å². The van der Waals surface area contributed by atoms with Crippen LogP contribution in [0.5, 0.6) is 5.88 Å². The second-order valence-corrected chi connectivity index (χ2v) is 8.02. The Hall–Kier alpha value is -3.53. The van der Waals surface area contributed by atoms with E-state index < -0.39 is 46.8 Å². The summed E-state index contributed by atoms with van der Waals surface area (Å²) in [6.45, 7) is 2.69. The lowest BCUT2D eigenvalue weighted by Gasteiger charge is -2.30. The van der Waals surface area contributed by atoms with Gasteiger partial charge in [-0.05, 0) is 43.7 Å². The Morgan fingerprint density at radius 2 is 1.69 bits per heavy atom. The van der Waals surface area contributed by atoms with E-state index in [-0.39, 0.29) is 29.5 Å². The van der Waals surface area contributed by atoms with Crippen LogP contribution < -0.4 is 4.74 Å².